The van der Waals surface area contributed by atoms with E-state index in [9.17, 15) is 9.59 Å². The Morgan fingerprint density at radius 3 is 3.00 bits per heavy atom. The quantitative estimate of drug-likeness (QED) is 0.917. The Kier molecular flexibility index (Phi) is 5.33. The maximum absolute atomic E-state index is 12.7. The first-order chi connectivity index (χ1) is 11.1. The molecule has 5 nitrogen and oxygen atoms in total. The van der Waals surface area contributed by atoms with Crippen molar-refractivity contribution in [1.29, 1.82) is 0 Å². The average Bonchev–Trinajstić information content (AvgIpc) is 3.04. The van der Waals surface area contributed by atoms with Crippen molar-refractivity contribution in [2.75, 3.05) is 13.2 Å². The van der Waals surface area contributed by atoms with E-state index < -0.39 is 6.04 Å². The Bertz CT molecular complexity index is 546. The molecule has 1 N–H and O–H groups in total. The number of morpholine rings is 1. The summed E-state index contributed by atoms with van der Waals surface area (Å²) >= 11 is 1.60. The topological polar surface area (TPSA) is 58.6 Å². The van der Waals surface area contributed by atoms with E-state index in [4.69, 9.17) is 4.74 Å². The predicted molar refractivity (Wildman–Crippen MR) is 89.0 cm³/mol. The van der Waals surface area contributed by atoms with E-state index in [1.807, 2.05) is 17.5 Å². The summed E-state index contributed by atoms with van der Waals surface area (Å²) < 4.78 is 5.33. The molecule has 2 fully saturated rings. The second-order valence-electron chi connectivity index (χ2n) is 6.51. The molecule has 1 aromatic heterocycles. The lowest BCUT2D eigenvalue weighted by Crippen LogP contribution is -2.58. The summed E-state index contributed by atoms with van der Waals surface area (Å²) in [6, 6.07) is 3.65. The van der Waals surface area contributed by atoms with Gasteiger partial charge < -0.3 is 15.0 Å². The average molecular weight is 336 g/mol. The van der Waals surface area contributed by atoms with Crippen LogP contribution in [0.5, 0.6) is 0 Å². The number of amides is 2. The number of nitrogens with zero attached hydrogens (tertiary/aromatic N) is 1. The Balaban J connectivity index is 1.67. The zero-order chi connectivity index (χ0) is 16.2. The van der Waals surface area contributed by atoms with Gasteiger partial charge in [0.05, 0.1) is 13.2 Å². The van der Waals surface area contributed by atoms with E-state index in [2.05, 4.69) is 12.2 Å². The Morgan fingerprint density at radius 1 is 1.43 bits per heavy atom. The fourth-order valence-electron chi connectivity index (χ4n) is 3.40. The molecule has 1 aliphatic carbocycles. The molecule has 2 heterocycles. The van der Waals surface area contributed by atoms with E-state index in [0.29, 0.717) is 12.5 Å². The number of thiophene rings is 1. The summed E-state index contributed by atoms with van der Waals surface area (Å²) in [5.41, 5.74) is 0. The molecule has 0 unspecified atom stereocenters. The van der Waals surface area contributed by atoms with Gasteiger partial charge in [0.1, 0.15) is 12.6 Å². The second kappa shape index (κ2) is 7.45. The molecule has 126 valence electrons. The van der Waals surface area contributed by atoms with Gasteiger partial charge in [-0.3, -0.25) is 9.59 Å². The number of hydrogen-bond donors (Lipinski definition) is 1. The Morgan fingerprint density at radius 2 is 2.26 bits per heavy atom. The van der Waals surface area contributed by atoms with Crippen LogP contribution in [0.2, 0.25) is 0 Å². The van der Waals surface area contributed by atoms with Crippen LogP contribution in [-0.2, 0) is 20.9 Å². The number of ether oxygens (including phenoxy) is 1. The highest BCUT2D eigenvalue weighted by molar-refractivity contribution is 7.09. The first-order valence-electron chi connectivity index (χ1n) is 8.35. The van der Waals surface area contributed by atoms with Gasteiger partial charge in [-0.05, 0) is 30.2 Å². The van der Waals surface area contributed by atoms with Gasteiger partial charge in [0.25, 0.3) is 0 Å². The molecule has 0 aromatic carbocycles. The third-order valence-corrected chi connectivity index (χ3v) is 5.71. The summed E-state index contributed by atoms with van der Waals surface area (Å²) in [5.74, 6) is 0.313. The molecule has 23 heavy (non-hydrogen) atoms. The number of hydrogen-bond acceptors (Lipinski definition) is 4. The van der Waals surface area contributed by atoms with Crippen molar-refractivity contribution in [2.45, 2.75) is 51.2 Å². The van der Waals surface area contributed by atoms with Crippen LogP contribution < -0.4 is 5.32 Å². The molecule has 6 heteroatoms. The van der Waals surface area contributed by atoms with E-state index >= 15 is 0 Å². The molecule has 1 aliphatic heterocycles. The zero-order valence-electron chi connectivity index (χ0n) is 13.5. The van der Waals surface area contributed by atoms with Crippen molar-refractivity contribution in [2.24, 2.45) is 5.92 Å². The van der Waals surface area contributed by atoms with Crippen LogP contribution in [0.1, 0.15) is 37.5 Å². The van der Waals surface area contributed by atoms with Crippen LogP contribution in [0.25, 0.3) is 0 Å². The summed E-state index contributed by atoms with van der Waals surface area (Å²) in [4.78, 5) is 27.7. The molecule has 1 aromatic rings. The summed E-state index contributed by atoms with van der Waals surface area (Å²) in [7, 11) is 0. The molecule has 3 rings (SSSR count). The van der Waals surface area contributed by atoms with Gasteiger partial charge in [-0.1, -0.05) is 25.8 Å². The molecule has 1 saturated carbocycles. The lowest BCUT2D eigenvalue weighted by atomic mass is 9.86. The van der Waals surface area contributed by atoms with Crippen LogP contribution in [0.4, 0.5) is 0 Å². The van der Waals surface area contributed by atoms with Crippen LogP contribution >= 0.6 is 11.3 Å². The van der Waals surface area contributed by atoms with Crippen LogP contribution in [0.3, 0.4) is 0 Å². The standard InChI is InChI=1S/C17H24N2O3S/c1-12-5-2-3-7-14(12)18-17(21)15-10-22-11-16(20)19(15)9-13-6-4-8-23-13/h4,6,8,12,14-15H,2-3,5,7,9-11H2,1H3,(H,18,21)/t12-,14-,15-/m1/s1. The highest BCUT2D eigenvalue weighted by atomic mass is 32.1. The number of carbonyl (C=O) groups excluding carboxylic acids is 2. The van der Waals surface area contributed by atoms with Crippen LogP contribution in [0.15, 0.2) is 17.5 Å². The molecule has 0 spiro atoms. The van der Waals surface area contributed by atoms with Gasteiger partial charge in [0, 0.05) is 10.9 Å². The highest BCUT2D eigenvalue weighted by Crippen LogP contribution is 2.24. The van der Waals surface area contributed by atoms with Gasteiger partial charge in [0.2, 0.25) is 11.8 Å². The van der Waals surface area contributed by atoms with E-state index in [0.717, 1.165) is 24.1 Å². The van der Waals surface area contributed by atoms with Crippen molar-refractivity contribution in [3.63, 3.8) is 0 Å². The first-order valence-corrected chi connectivity index (χ1v) is 9.23. The molecule has 2 amide bonds. The van der Waals surface area contributed by atoms with Crippen LogP contribution in [0, 0.1) is 5.92 Å². The summed E-state index contributed by atoms with van der Waals surface area (Å²) in [6.07, 6.45) is 4.58. The lowest BCUT2D eigenvalue weighted by Gasteiger charge is -2.36. The largest absolute Gasteiger partial charge is 0.369 e. The molecule has 3 atom stereocenters. The predicted octanol–water partition coefficient (Wildman–Crippen LogP) is 2.17. The van der Waals surface area contributed by atoms with Gasteiger partial charge >= 0.3 is 0 Å². The van der Waals surface area contributed by atoms with Crippen molar-refractivity contribution in [3.8, 4) is 0 Å². The minimum Gasteiger partial charge on any atom is -0.369 e. The third-order valence-electron chi connectivity index (χ3n) is 4.85. The summed E-state index contributed by atoms with van der Waals surface area (Å²) in [6.45, 7) is 3.02. The normalized spacial score (nSPS) is 28.7. The van der Waals surface area contributed by atoms with Gasteiger partial charge in [-0.15, -0.1) is 11.3 Å². The molecular weight excluding hydrogens is 312 g/mol. The smallest absolute Gasteiger partial charge is 0.249 e. The minimum absolute atomic E-state index is 0.0645. The molecule has 2 aliphatic rings. The SMILES string of the molecule is C[C@@H]1CCCC[C@H]1NC(=O)[C@H]1COCC(=O)N1Cc1cccs1. The molecule has 1 saturated heterocycles. The first kappa shape index (κ1) is 16.5. The molecule has 0 bridgehead atoms. The van der Waals surface area contributed by atoms with Crippen molar-refractivity contribution < 1.29 is 14.3 Å². The van der Waals surface area contributed by atoms with Gasteiger partial charge in [-0.25, -0.2) is 0 Å². The lowest BCUT2D eigenvalue weighted by molar-refractivity contribution is -0.156. The number of carbonyl (C=O) groups is 2. The van der Waals surface area contributed by atoms with Crippen LogP contribution in [-0.4, -0.2) is 42.0 Å². The summed E-state index contributed by atoms with van der Waals surface area (Å²) in [5, 5.41) is 5.14. The monoisotopic (exact) mass is 336 g/mol. The minimum atomic E-state index is -0.521. The van der Waals surface area contributed by atoms with Crippen molar-refractivity contribution in [1.82, 2.24) is 10.2 Å². The Hall–Kier alpha value is -1.40. The fraction of sp³-hybridized carbons (Fsp3) is 0.647. The number of rotatable bonds is 4. The van der Waals surface area contributed by atoms with E-state index in [-0.39, 0.29) is 31.1 Å². The van der Waals surface area contributed by atoms with Crippen molar-refractivity contribution >= 4 is 23.2 Å². The van der Waals surface area contributed by atoms with Gasteiger partial charge in [-0.2, -0.15) is 0 Å². The highest BCUT2D eigenvalue weighted by Gasteiger charge is 2.35. The molecular formula is C17H24N2O3S. The van der Waals surface area contributed by atoms with E-state index in [1.54, 1.807) is 16.2 Å². The van der Waals surface area contributed by atoms with E-state index in [1.165, 1.54) is 6.42 Å². The fourth-order valence-corrected chi connectivity index (χ4v) is 4.10. The maximum Gasteiger partial charge on any atom is 0.249 e. The molecule has 0 radical (unpaired) electrons. The maximum atomic E-state index is 12.7. The third kappa shape index (κ3) is 3.93. The van der Waals surface area contributed by atoms with Gasteiger partial charge in [0.15, 0.2) is 0 Å². The zero-order valence-corrected chi connectivity index (χ0v) is 14.3. The second-order valence-corrected chi connectivity index (χ2v) is 7.54. The Labute approximate surface area is 141 Å². The number of nitrogens with one attached hydrogen (secondary N) is 1. The van der Waals surface area contributed by atoms with Crippen molar-refractivity contribution in [3.05, 3.63) is 22.4 Å².